The lowest BCUT2D eigenvalue weighted by molar-refractivity contribution is 0.736. The molecule has 0 saturated carbocycles. The molecule has 2 heterocycles. The normalized spacial score (nSPS) is 19.1. The van der Waals surface area contributed by atoms with Crippen molar-refractivity contribution in [2.45, 2.75) is 37.0 Å². The van der Waals surface area contributed by atoms with Crippen LogP contribution in [0.2, 0.25) is 0 Å². The van der Waals surface area contributed by atoms with E-state index in [9.17, 15) is 0 Å². The van der Waals surface area contributed by atoms with E-state index >= 15 is 0 Å². The molecular formula is C54H42N2. The molecule has 0 saturated heterocycles. The van der Waals surface area contributed by atoms with Gasteiger partial charge in [0, 0.05) is 50.7 Å². The molecule has 0 bridgehead atoms. The molecule has 3 atom stereocenters. The Labute approximate surface area is 328 Å². The Hall–Kier alpha value is -6.64. The van der Waals surface area contributed by atoms with Gasteiger partial charge in [0.25, 0.3) is 0 Å². The average molecular weight is 719 g/mol. The third kappa shape index (κ3) is 5.39. The molecule has 3 unspecified atom stereocenters. The van der Waals surface area contributed by atoms with E-state index in [0.29, 0.717) is 5.92 Å². The summed E-state index contributed by atoms with van der Waals surface area (Å²) in [6, 6.07) is 50.1. The van der Waals surface area contributed by atoms with Gasteiger partial charge in [0.15, 0.2) is 0 Å². The third-order valence-corrected chi connectivity index (χ3v) is 12.3. The van der Waals surface area contributed by atoms with Crippen LogP contribution in [0.3, 0.4) is 0 Å². The monoisotopic (exact) mass is 718 g/mol. The zero-order valence-corrected chi connectivity index (χ0v) is 31.3. The van der Waals surface area contributed by atoms with Crippen LogP contribution in [0, 0.1) is 0 Å². The molecule has 0 amide bonds. The molecule has 8 aromatic rings. The van der Waals surface area contributed by atoms with Crippen molar-refractivity contribution in [1.29, 1.82) is 0 Å². The molecule has 0 spiro atoms. The van der Waals surface area contributed by atoms with E-state index < -0.39 is 0 Å². The minimum absolute atomic E-state index is 0.187. The van der Waals surface area contributed by atoms with Gasteiger partial charge in [0.1, 0.15) is 0 Å². The van der Waals surface area contributed by atoms with Crippen LogP contribution in [-0.4, -0.2) is 9.13 Å². The lowest BCUT2D eigenvalue weighted by Gasteiger charge is -2.26. The van der Waals surface area contributed by atoms with Gasteiger partial charge >= 0.3 is 0 Å². The number of para-hydroxylation sites is 2. The fourth-order valence-electron chi connectivity index (χ4n) is 9.67. The van der Waals surface area contributed by atoms with Gasteiger partial charge in [-0.1, -0.05) is 152 Å². The van der Waals surface area contributed by atoms with E-state index in [1.807, 2.05) is 0 Å². The first kappa shape index (κ1) is 32.8. The summed E-state index contributed by atoms with van der Waals surface area (Å²) in [5.74, 6) is 0.721. The molecule has 3 aliphatic rings. The van der Waals surface area contributed by atoms with E-state index in [4.69, 9.17) is 0 Å². The highest BCUT2D eigenvalue weighted by atomic mass is 15.0. The lowest BCUT2D eigenvalue weighted by atomic mass is 9.77. The summed E-state index contributed by atoms with van der Waals surface area (Å²) in [5.41, 5.74) is 14.0. The van der Waals surface area contributed by atoms with Crippen molar-refractivity contribution in [2.24, 2.45) is 0 Å². The maximum absolute atomic E-state index is 2.49. The zero-order valence-electron chi connectivity index (χ0n) is 31.3. The first-order valence-electron chi connectivity index (χ1n) is 20.1. The summed E-state index contributed by atoms with van der Waals surface area (Å²) in [7, 11) is 0. The average Bonchev–Trinajstić information content (AvgIpc) is 3.80. The maximum Gasteiger partial charge on any atom is 0.0543 e. The fourth-order valence-corrected chi connectivity index (χ4v) is 9.67. The number of fused-ring (bicyclic) bond motifs is 6. The number of hydrogen-bond acceptors (Lipinski definition) is 0. The summed E-state index contributed by atoms with van der Waals surface area (Å²) in [6.07, 6.45) is 28.5. The van der Waals surface area contributed by atoms with Crippen LogP contribution in [-0.2, 0) is 0 Å². The second-order valence-electron chi connectivity index (χ2n) is 15.5. The standard InChI is InChI=1S/C54H42N2/c1-4-17-37(18-5-1)40-33-41(38-19-6-2-7-20-38)35-43(34-40)56-50-28-14-12-25-46(50)49-36-39(31-32-52(49)56)44-23-10-11-24-45(44)47-27-16-30-53-54(47)48-26-13-15-29-51(48)55(53)42-21-8-3-9-22-42/h1-2,4-8,10-19,21-36,38,44-45H,3,9,20H2. The number of hydrogen-bond donors (Lipinski definition) is 0. The zero-order chi connectivity index (χ0) is 37.0. The van der Waals surface area contributed by atoms with E-state index in [2.05, 4.69) is 209 Å². The molecule has 6 aromatic carbocycles. The van der Waals surface area contributed by atoms with Gasteiger partial charge in [0.2, 0.25) is 0 Å². The van der Waals surface area contributed by atoms with Gasteiger partial charge in [-0.05, 0) is 95.6 Å². The van der Waals surface area contributed by atoms with Crippen molar-refractivity contribution in [2.75, 3.05) is 0 Å². The SMILES string of the molecule is C1=CCC(c2cc(-c3ccccc3)cc(-n3c4ccccc4c4cc(C5C=CC=CC5c5cccc6c5c5ccccc5n6C5=CCCC=C5)ccc43)c2)C=C1. The molecular weight excluding hydrogens is 677 g/mol. The quantitative estimate of drug-likeness (QED) is 0.162. The molecule has 0 N–H and O–H groups in total. The number of allylic oxidation sites excluding steroid dienone is 12. The van der Waals surface area contributed by atoms with Crippen LogP contribution in [0.4, 0.5) is 0 Å². The molecule has 268 valence electrons. The van der Waals surface area contributed by atoms with Gasteiger partial charge in [0.05, 0.1) is 22.1 Å². The largest absolute Gasteiger partial charge is 0.310 e. The highest BCUT2D eigenvalue weighted by Gasteiger charge is 2.27. The molecule has 2 nitrogen and oxygen atoms in total. The summed E-state index contributed by atoms with van der Waals surface area (Å²) in [6.45, 7) is 0. The Morgan fingerprint density at radius 1 is 0.464 bits per heavy atom. The topological polar surface area (TPSA) is 9.86 Å². The fraction of sp³-hybridized carbons (Fsp3) is 0.111. The molecule has 0 aliphatic heterocycles. The van der Waals surface area contributed by atoms with Gasteiger partial charge in [-0.3, -0.25) is 0 Å². The van der Waals surface area contributed by atoms with Gasteiger partial charge in [-0.2, -0.15) is 0 Å². The minimum atomic E-state index is 0.187. The van der Waals surface area contributed by atoms with Crippen molar-refractivity contribution in [3.8, 4) is 16.8 Å². The Morgan fingerprint density at radius 2 is 1.21 bits per heavy atom. The molecule has 0 fully saturated rings. The van der Waals surface area contributed by atoms with E-state index in [-0.39, 0.29) is 11.8 Å². The van der Waals surface area contributed by atoms with Crippen LogP contribution < -0.4 is 0 Å². The highest BCUT2D eigenvalue weighted by Crippen LogP contribution is 2.46. The number of nitrogens with zero attached hydrogens (tertiary/aromatic N) is 2. The minimum Gasteiger partial charge on any atom is -0.310 e. The van der Waals surface area contributed by atoms with Crippen LogP contribution in [0.15, 0.2) is 200 Å². The van der Waals surface area contributed by atoms with Crippen LogP contribution in [0.25, 0.3) is 66.1 Å². The molecule has 2 heteroatoms. The van der Waals surface area contributed by atoms with Crippen LogP contribution in [0.5, 0.6) is 0 Å². The summed E-state index contributed by atoms with van der Waals surface area (Å²) >= 11 is 0. The van der Waals surface area contributed by atoms with Gasteiger partial charge in [-0.25, -0.2) is 0 Å². The molecule has 56 heavy (non-hydrogen) atoms. The molecule has 11 rings (SSSR count). The van der Waals surface area contributed by atoms with E-state index in [0.717, 1.165) is 19.3 Å². The Kier molecular flexibility index (Phi) is 7.95. The highest BCUT2D eigenvalue weighted by molar-refractivity contribution is 6.13. The Morgan fingerprint density at radius 3 is 2.04 bits per heavy atom. The Bertz CT molecular complexity index is 3010. The molecule has 0 radical (unpaired) electrons. The number of benzene rings is 6. The first-order chi connectivity index (χ1) is 27.8. The second kappa shape index (κ2) is 13.6. The molecule has 3 aliphatic carbocycles. The van der Waals surface area contributed by atoms with Crippen molar-refractivity contribution in [3.63, 3.8) is 0 Å². The van der Waals surface area contributed by atoms with Crippen molar-refractivity contribution in [3.05, 3.63) is 217 Å². The van der Waals surface area contributed by atoms with Crippen molar-refractivity contribution in [1.82, 2.24) is 9.13 Å². The van der Waals surface area contributed by atoms with E-state index in [1.165, 1.54) is 82.8 Å². The number of rotatable bonds is 6. The van der Waals surface area contributed by atoms with Gasteiger partial charge < -0.3 is 9.13 Å². The number of aromatic nitrogens is 2. The summed E-state index contributed by atoms with van der Waals surface area (Å²) < 4.78 is 4.96. The maximum atomic E-state index is 2.49. The van der Waals surface area contributed by atoms with E-state index in [1.54, 1.807) is 0 Å². The lowest BCUT2D eigenvalue weighted by Crippen LogP contribution is -2.10. The predicted octanol–water partition coefficient (Wildman–Crippen LogP) is 14.3. The predicted molar refractivity (Wildman–Crippen MR) is 238 cm³/mol. The Balaban J connectivity index is 1.07. The molecule has 2 aromatic heterocycles. The van der Waals surface area contributed by atoms with Gasteiger partial charge in [-0.15, -0.1) is 0 Å². The van der Waals surface area contributed by atoms with Crippen LogP contribution >= 0.6 is 0 Å². The first-order valence-corrected chi connectivity index (χ1v) is 20.1. The summed E-state index contributed by atoms with van der Waals surface area (Å²) in [4.78, 5) is 0. The third-order valence-electron chi connectivity index (χ3n) is 12.3. The summed E-state index contributed by atoms with van der Waals surface area (Å²) in [5, 5.41) is 5.24. The van der Waals surface area contributed by atoms with Crippen LogP contribution in [0.1, 0.15) is 53.7 Å². The van der Waals surface area contributed by atoms with Crippen molar-refractivity contribution >= 4 is 49.3 Å². The smallest absolute Gasteiger partial charge is 0.0543 e. The van der Waals surface area contributed by atoms with Crippen molar-refractivity contribution < 1.29 is 0 Å². The second-order valence-corrected chi connectivity index (χ2v) is 15.5.